The molecule has 0 bridgehead atoms. The first-order valence-electron chi connectivity index (χ1n) is 9.19. The summed E-state index contributed by atoms with van der Waals surface area (Å²) in [6.45, 7) is 0.243. The fourth-order valence-corrected chi connectivity index (χ4v) is 3.15. The molecule has 29 heavy (non-hydrogen) atoms. The summed E-state index contributed by atoms with van der Waals surface area (Å²) >= 11 is 0. The third-order valence-corrected chi connectivity index (χ3v) is 4.50. The first kappa shape index (κ1) is 22.3. The number of carbonyl (C=O) groups excluding carboxylic acids is 4. The summed E-state index contributed by atoms with van der Waals surface area (Å²) in [5.74, 6) is -4.59. The van der Waals surface area contributed by atoms with Gasteiger partial charge in [0.15, 0.2) is 18.2 Å². The van der Waals surface area contributed by atoms with Gasteiger partial charge in [0.2, 0.25) is 11.8 Å². The summed E-state index contributed by atoms with van der Waals surface area (Å²) in [7, 11) is 0. The molecule has 1 aliphatic rings. The van der Waals surface area contributed by atoms with Crippen molar-refractivity contribution in [1.82, 2.24) is 10.6 Å². The number of hydrogen-bond acceptors (Lipinski definition) is 5. The van der Waals surface area contributed by atoms with Crippen molar-refractivity contribution in [3.8, 4) is 0 Å². The highest BCUT2D eigenvalue weighted by Gasteiger charge is 2.42. The molecule has 158 valence electrons. The van der Waals surface area contributed by atoms with Gasteiger partial charge in [-0.3, -0.25) is 14.4 Å². The van der Waals surface area contributed by atoms with Crippen molar-refractivity contribution in [2.24, 2.45) is 0 Å². The van der Waals surface area contributed by atoms with Gasteiger partial charge in [-0.25, -0.2) is 13.6 Å². The van der Waals surface area contributed by atoms with Crippen LogP contribution in [0.2, 0.25) is 0 Å². The lowest BCUT2D eigenvalue weighted by atomic mass is 9.81. The van der Waals surface area contributed by atoms with Crippen LogP contribution in [0.3, 0.4) is 0 Å². The van der Waals surface area contributed by atoms with Gasteiger partial charge in [0.1, 0.15) is 5.54 Å². The average molecular weight is 411 g/mol. The van der Waals surface area contributed by atoms with Gasteiger partial charge < -0.3 is 20.7 Å². The number of anilines is 1. The SMILES string of the molecule is CC(=O)NC1(C(=O)OCC(=O)NCC(=O)Nc2ccc(F)c(F)c2)CCCCC1. The maximum atomic E-state index is 13.1. The number of benzene rings is 1. The van der Waals surface area contributed by atoms with Crippen LogP contribution in [-0.4, -0.2) is 42.4 Å². The molecule has 1 aromatic carbocycles. The molecule has 0 spiro atoms. The monoisotopic (exact) mass is 411 g/mol. The van der Waals surface area contributed by atoms with Crippen molar-refractivity contribution < 1.29 is 32.7 Å². The molecule has 10 heteroatoms. The second-order valence-electron chi connectivity index (χ2n) is 6.85. The van der Waals surface area contributed by atoms with E-state index in [1.54, 1.807) is 0 Å². The van der Waals surface area contributed by atoms with Crippen LogP contribution >= 0.6 is 0 Å². The van der Waals surface area contributed by atoms with Crippen molar-refractivity contribution in [1.29, 1.82) is 0 Å². The minimum atomic E-state index is -1.13. The highest BCUT2D eigenvalue weighted by Crippen LogP contribution is 2.29. The maximum absolute atomic E-state index is 13.1. The minimum Gasteiger partial charge on any atom is -0.454 e. The van der Waals surface area contributed by atoms with Crippen LogP contribution < -0.4 is 16.0 Å². The van der Waals surface area contributed by atoms with Gasteiger partial charge >= 0.3 is 5.97 Å². The first-order valence-corrected chi connectivity index (χ1v) is 9.19. The molecule has 8 nitrogen and oxygen atoms in total. The second kappa shape index (κ2) is 9.94. The van der Waals surface area contributed by atoms with E-state index in [9.17, 15) is 28.0 Å². The lowest BCUT2D eigenvalue weighted by molar-refractivity contribution is -0.158. The summed E-state index contributed by atoms with van der Waals surface area (Å²) in [5.41, 5.74) is -1.10. The van der Waals surface area contributed by atoms with Gasteiger partial charge in [0.05, 0.1) is 6.54 Å². The lowest BCUT2D eigenvalue weighted by Gasteiger charge is -2.35. The molecule has 3 amide bonds. The molecular weight excluding hydrogens is 388 g/mol. The van der Waals surface area contributed by atoms with E-state index in [0.717, 1.165) is 31.4 Å². The molecule has 1 aromatic rings. The lowest BCUT2D eigenvalue weighted by Crippen LogP contribution is -2.56. The molecule has 0 saturated heterocycles. The summed E-state index contributed by atoms with van der Waals surface area (Å²) in [6, 6.07) is 2.84. The quantitative estimate of drug-likeness (QED) is 0.587. The third kappa shape index (κ3) is 6.51. The molecular formula is C19H23F2N3O5. The van der Waals surface area contributed by atoms with Crippen LogP contribution in [0.25, 0.3) is 0 Å². The number of hydrogen-bond donors (Lipinski definition) is 3. The summed E-state index contributed by atoms with van der Waals surface area (Å²) in [5, 5.41) is 7.19. The van der Waals surface area contributed by atoms with E-state index in [0.29, 0.717) is 12.8 Å². The molecule has 3 N–H and O–H groups in total. The van der Waals surface area contributed by atoms with Crippen LogP contribution in [0.4, 0.5) is 14.5 Å². The largest absolute Gasteiger partial charge is 0.454 e. The number of ether oxygens (including phenoxy) is 1. The molecule has 0 aromatic heterocycles. The fourth-order valence-electron chi connectivity index (χ4n) is 3.15. The standard InChI is InChI=1S/C19H23F2N3O5/c1-12(25)24-19(7-3-2-4-8-19)18(28)29-11-17(27)22-10-16(26)23-13-5-6-14(20)15(21)9-13/h5-6,9H,2-4,7-8,10-11H2,1H3,(H,22,27)(H,23,26)(H,24,25). The second-order valence-corrected chi connectivity index (χ2v) is 6.85. The molecule has 0 unspecified atom stereocenters. The maximum Gasteiger partial charge on any atom is 0.332 e. The van der Waals surface area contributed by atoms with Gasteiger partial charge in [0.25, 0.3) is 5.91 Å². The molecule has 0 atom stereocenters. The van der Waals surface area contributed by atoms with E-state index < -0.39 is 48.1 Å². The molecule has 0 heterocycles. The topological polar surface area (TPSA) is 114 Å². The van der Waals surface area contributed by atoms with Crippen LogP contribution in [0.15, 0.2) is 18.2 Å². The molecule has 0 aliphatic heterocycles. The predicted molar refractivity (Wildman–Crippen MR) is 98.6 cm³/mol. The number of carbonyl (C=O) groups is 4. The Morgan fingerprint density at radius 3 is 2.34 bits per heavy atom. The smallest absolute Gasteiger partial charge is 0.332 e. The molecule has 1 fully saturated rings. The van der Waals surface area contributed by atoms with Crippen LogP contribution in [0, 0.1) is 11.6 Å². The Labute approximate surface area is 166 Å². The molecule has 0 radical (unpaired) electrons. The van der Waals surface area contributed by atoms with Gasteiger partial charge in [-0.15, -0.1) is 0 Å². The Bertz CT molecular complexity index is 794. The summed E-state index contributed by atoms with van der Waals surface area (Å²) < 4.78 is 31.0. The Morgan fingerprint density at radius 2 is 1.72 bits per heavy atom. The van der Waals surface area contributed by atoms with Crippen molar-refractivity contribution >= 4 is 29.4 Å². The van der Waals surface area contributed by atoms with Gasteiger partial charge in [-0.1, -0.05) is 19.3 Å². The molecule has 1 saturated carbocycles. The normalized spacial score (nSPS) is 15.1. The molecule has 1 aliphatic carbocycles. The van der Waals surface area contributed by atoms with Crippen molar-refractivity contribution in [3.05, 3.63) is 29.8 Å². The van der Waals surface area contributed by atoms with E-state index in [4.69, 9.17) is 4.74 Å². The zero-order chi connectivity index (χ0) is 21.4. The van der Waals surface area contributed by atoms with Crippen LogP contribution in [0.1, 0.15) is 39.0 Å². The Morgan fingerprint density at radius 1 is 1.03 bits per heavy atom. The van der Waals surface area contributed by atoms with Crippen LogP contribution in [0.5, 0.6) is 0 Å². The highest BCUT2D eigenvalue weighted by atomic mass is 19.2. The first-order chi connectivity index (χ1) is 13.7. The average Bonchev–Trinajstić information content (AvgIpc) is 2.67. The van der Waals surface area contributed by atoms with Gasteiger partial charge in [-0.2, -0.15) is 0 Å². The third-order valence-electron chi connectivity index (χ3n) is 4.50. The van der Waals surface area contributed by atoms with Gasteiger partial charge in [-0.05, 0) is 25.0 Å². The number of amides is 3. The van der Waals surface area contributed by atoms with Crippen molar-refractivity contribution in [2.75, 3.05) is 18.5 Å². The van der Waals surface area contributed by atoms with Crippen LogP contribution in [-0.2, 0) is 23.9 Å². The van der Waals surface area contributed by atoms with Crippen molar-refractivity contribution in [2.45, 2.75) is 44.6 Å². The van der Waals surface area contributed by atoms with E-state index in [1.165, 1.54) is 13.0 Å². The zero-order valence-electron chi connectivity index (χ0n) is 16.0. The van der Waals surface area contributed by atoms with E-state index in [2.05, 4.69) is 16.0 Å². The number of halogens is 2. The number of nitrogens with one attached hydrogen (secondary N) is 3. The summed E-state index contributed by atoms with van der Waals surface area (Å²) in [4.78, 5) is 47.5. The van der Waals surface area contributed by atoms with Crippen molar-refractivity contribution in [3.63, 3.8) is 0 Å². The predicted octanol–water partition coefficient (Wildman–Crippen LogP) is 1.40. The minimum absolute atomic E-state index is 0.0316. The zero-order valence-corrected chi connectivity index (χ0v) is 16.0. The fraction of sp³-hybridized carbons (Fsp3) is 0.474. The van der Waals surface area contributed by atoms with E-state index in [1.807, 2.05) is 0 Å². The Hall–Kier alpha value is -3.04. The van der Waals surface area contributed by atoms with E-state index in [-0.39, 0.29) is 11.6 Å². The molecule has 2 rings (SSSR count). The Kier molecular flexibility index (Phi) is 7.63. The highest BCUT2D eigenvalue weighted by molar-refractivity contribution is 5.95. The number of esters is 1. The Balaban J connectivity index is 1.79. The van der Waals surface area contributed by atoms with Gasteiger partial charge in [0, 0.05) is 18.7 Å². The number of rotatable bonds is 7. The summed E-state index contributed by atoms with van der Waals surface area (Å²) in [6.07, 6.45) is 3.33. The van der Waals surface area contributed by atoms with E-state index >= 15 is 0 Å².